The van der Waals surface area contributed by atoms with Gasteiger partial charge in [-0.15, -0.1) is 0 Å². The molecule has 1 amide bonds. The van der Waals surface area contributed by atoms with Crippen molar-refractivity contribution in [2.45, 2.75) is 48.4 Å². The third-order valence-corrected chi connectivity index (χ3v) is 8.46. The molecule has 0 spiro atoms. The summed E-state index contributed by atoms with van der Waals surface area (Å²) < 4.78 is 52.1. The number of sulfonamides is 1. The molecule has 31 heavy (non-hydrogen) atoms. The molecule has 1 aliphatic heterocycles. The minimum atomic E-state index is -3.79. The predicted octanol–water partition coefficient (Wildman–Crippen LogP) is 2.82. The van der Waals surface area contributed by atoms with Gasteiger partial charge in [0.15, 0.2) is 9.84 Å². The summed E-state index contributed by atoms with van der Waals surface area (Å²) in [6.45, 7) is 2.45. The van der Waals surface area contributed by atoms with E-state index in [-0.39, 0.29) is 21.6 Å². The zero-order chi connectivity index (χ0) is 22.4. The molecule has 1 saturated carbocycles. The van der Waals surface area contributed by atoms with E-state index < -0.39 is 25.9 Å². The van der Waals surface area contributed by atoms with Crippen LogP contribution in [0.5, 0.6) is 0 Å². The maximum atomic E-state index is 13.0. The number of carbonyl (C=O) groups excluding carboxylic acids is 1. The molecule has 0 bridgehead atoms. The number of fused-ring (bicyclic) bond motifs is 1. The molecule has 7 nitrogen and oxygen atoms in total. The first-order valence-electron chi connectivity index (χ1n) is 10.4. The van der Waals surface area contributed by atoms with Crippen molar-refractivity contribution in [2.75, 3.05) is 17.7 Å². The Morgan fingerprint density at radius 2 is 1.71 bits per heavy atom. The Morgan fingerprint density at radius 3 is 2.29 bits per heavy atom. The van der Waals surface area contributed by atoms with Gasteiger partial charge in [-0.05, 0) is 67.1 Å². The van der Waals surface area contributed by atoms with Gasteiger partial charge in [0.2, 0.25) is 15.9 Å². The van der Waals surface area contributed by atoms with Crippen molar-refractivity contribution in [3.63, 3.8) is 0 Å². The number of hydrogen-bond donors (Lipinski definition) is 1. The Kier molecular flexibility index (Phi) is 5.70. The van der Waals surface area contributed by atoms with Crippen molar-refractivity contribution in [1.29, 1.82) is 0 Å². The van der Waals surface area contributed by atoms with Crippen molar-refractivity contribution in [2.24, 2.45) is 5.92 Å². The first-order chi connectivity index (χ1) is 14.6. The Hall–Kier alpha value is -2.23. The summed E-state index contributed by atoms with van der Waals surface area (Å²) in [6, 6.07) is 10.7. The van der Waals surface area contributed by atoms with Gasteiger partial charge in [-0.3, -0.25) is 4.79 Å². The Morgan fingerprint density at radius 1 is 1.06 bits per heavy atom. The Labute approximate surface area is 183 Å². The van der Waals surface area contributed by atoms with Crippen LogP contribution in [0.1, 0.15) is 43.4 Å². The minimum Gasteiger partial charge on any atom is -0.312 e. The van der Waals surface area contributed by atoms with Gasteiger partial charge >= 0.3 is 0 Å². The summed E-state index contributed by atoms with van der Waals surface area (Å²) in [5, 5.41) is 0. The molecular weight excluding hydrogens is 436 g/mol. The zero-order valence-corrected chi connectivity index (χ0v) is 19.2. The molecule has 0 aromatic heterocycles. The number of nitrogens with zero attached hydrogens (tertiary/aromatic N) is 1. The normalized spacial score (nSPS) is 17.4. The monoisotopic (exact) mass is 462 g/mol. The number of rotatable bonds is 7. The molecular formula is C22H26N2O5S2. The Balaban J connectivity index is 1.55. The van der Waals surface area contributed by atoms with E-state index in [1.165, 1.54) is 12.1 Å². The molecule has 1 heterocycles. The maximum absolute atomic E-state index is 13.0. The number of anilines is 1. The van der Waals surface area contributed by atoms with E-state index in [0.717, 1.165) is 30.3 Å². The van der Waals surface area contributed by atoms with Crippen LogP contribution in [0.15, 0.2) is 52.3 Å². The molecule has 2 aliphatic rings. The van der Waals surface area contributed by atoms with Crippen molar-refractivity contribution in [1.82, 2.24) is 4.72 Å². The Bertz CT molecular complexity index is 1220. The lowest BCUT2D eigenvalue weighted by molar-refractivity contribution is -0.119. The highest BCUT2D eigenvalue weighted by Gasteiger charge is 2.36. The van der Waals surface area contributed by atoms with Crippen molar-refractivity contribution in [3.8, 4) is 0 Å². The lowest BCUT2D eigenvalue weighted by Gasteiger charge is -2.19. The summed E-state index contributed by atoms with van der Waals surface area (Å²) in [6.07, 6.45) is 4.15. The SMILES string of the molecule is CC[C@H](NS(=O)(=O)c1ccc2c(c1)CCN2C(=O)C1CC1)c1ccc(S(C)(=O)=O)cc1. The van der Waals surface area contributed by atoms with Crippen LogP contribution in [0.25, 0.3) is 0 Å². The third kappa shape index (κ3) is 4.53. The molecule has 1 atom stereocenters. The number of amides is 1. The summed E-state index contributed by atoms with van der Waals surface area (Å²) >= 11 is 0. The van der Waals surface area contributed by atoms with E-state index in [0.29, 0.717) is 24.9 Å². The van der Waals surface area contributed by atoms with E-state index in [9.17, 15) is 21.6 Å². The van der Waals surface area contributed by atoms with Gasteiger partial charge < -0.3 is 4.90 Å². The second kappa shape index (κ2) is 8.03. The van der Waals surface area contributed by atoms with Gasteiger partial charge in [-0.25, -0.2) is 21.6 Å². The summed E-state index contributed by atoms with van der Waals surface area (Å²) in [7, 11) is -7.11. The maximum Gasteiger partial charge on any atom is 0.241 e. The van der Waals surface area contributed by atoms with Gasteiger partial charge in [-0.2, -0.15) is 0 Å². The number of hydrogen-bond acceptors (Lipinski definition) is 5. The molecule has 9 heteroatoms. The van der Waals surface area contributed by atoms with Crippen molar-refractivity contribution in [3.05, 3.63) is 53.6 Å². The van der Waals surface area contributed by atoms with E-state index >= 15 is 0 Å². The van der Waals surface area contributed by atoms with Gasteiger partial charge in [-0.1, -0.05) is 19.1 Å². The highest BCUT2D eigenvalue weighted by atomic mass is 32.2. The standard InChI is InChI=1S/C22H26N2O5S2/c1-3-20(15-6-8-18(9-7-15)30(2,26)27)23-31(28,29)19-10-11-21-17(14-19)12-13-24(21)22(25)16-4-5-16/h6-11,14,16,20,23H,3-5,12-13H2,1-2H3/t20-/m0/s1. The average Bonchev–Trinajstić information content (AvgIpc) is 3.50. The van der Waals surface area contributed by atoms with E-state index in [1.807, 2.05) is 6.92 Å². The molecule has 2 aromatic carbocycles. The molecule has 0 radical (unpaired) electrons. The molecule has 1 N–H and O–H groups in total. The quantitative estimate of drug-likeness (QED) is 0.682. The van der Waals surface area contributed by atoms with Crippen LogP contribution in [-0.4, -0.2) is 35.5 Å². The fraction of sp³-hybridized carbons (Fsp3) is 0.409. The van der Waals surface area contributed by atoms with E-state index in [4.69, 9.17) is 0 Å². The van der Waals surface area contributed by atoms with Crippen molar-refractivity contribution < 1.29 is 21.6 Å². The molecule has 1 fully saturated rings. The first-order valence-corrected chi connectivity index (χ1v) is 13.7. The predicted molar refractivity (Wildman–Crippen MR) is 118 cm³/mol. The zero-order valence-electron chi connectivity index (χ0n) is 17.5. The lowest BCUT2D eigenvalue weighted by atomic mass is 10.1. The van der Waals surface area contributed by atoms with Crippen LogP contribution < -0.4 is 9.62 Å². The minimum absolute atomic E-state index is 0.121. The molecule has 0 unspecified atom stereocenters. The number of carbonyl (C=O) groups is 1. The van der Waals surface area contributed by atoms with Gasteiger partial charge in [0.1, 0.15) is 0 Å². The van der Waals surface area contributed by atoms with E-state index in [1.54, 1.807) is 35.2 Å². The highest BCUT2D eigenvalue weighted by molar-refractivity contribution is 7.90. The molecule has 166 valence electrons. The number of benzene rings is 2. The van der Waals surface area contributed by atoms with Gasteiger partial charge in [0.25, 0.3) is 0 Å². The first kappa shape index (κ1) is 22.0. The van der Waals surface area contributed by atoms with Gasteiger partial charge in [0.05, 0.1) is 9.79 Å². The number of nitrogens with one attached hydrogen (secondary N) is 1. The molecule has 0 saturated heterocycles. The topological polar surface area (TPSA) is 101 Å². The van der Waals surface area contributed by atoms with Crippen LogP contribution in [0.3, 0.4) is 0 Å². The van der Waals surface area contributed by atoms with Crippen molar-refractivity contribution >= 4 is 31.5 Å². The fourth-order valence-corrected chi connectivity index (χ4v) is 5.90. The fourth-order valence-electron chi connectivity index (χ4n) is 3.91. The van der Waals surface area contributed by atoms with Crippen LogP contribution in [-0.2, 0) is 31.1 Å². The summed E-state index contributed by atoms with van der Waals surface area (Å²) in [5.74, 6) is 0.256. The summed E-state index contributed by atoms with van der Waals surface area (Å²) in [4.78, 5) is 14.6. The van der Waals surface area contributed by atoms with Gasteiger partial charge in [0, 0.05) is 30.4 Å². The largest absolute Gasteiger partial charge is 0.312 e. The lowest BCUT2D eigenvalue weighted by Crippen LogP contribution is -2.30. The second-order valence-electron chi connectivity index (χ2n) is 8.23. The highest BCUT2D eigenvalue weighted by Crippen LogP contribution is 2.37. The summed E-state index contributed by atoms with van der Waals surface area (Å²) in [5.41, 5.74) is 2.36. The molecule has 4 rings (SSSR count). The van der Waals surface area contributed by atoms with Crippen LogP contribution in [0.2, 0.25) is 0 Å². The van der Waals surface area contributed by atoms with Crippen LogP contribution in [0.4, 0.5) is 5.69 Å². The number of sulfone groups is 1. The molecule has 1 aliphatic carbocycles. The third-order valence-electron chi connectivity index (χ3n) is 5.87. The molecule has 2 aromatic rings. The van der Waals surface area contributed by atoms with E-state index in [2.05, 4.69) is 4.72 Å². The van der Waals surface area contributed by atoms with Crippen LogP contribution >= 0.6 is 0 Å². The average molecular weight is 463 g/mol. The second-order valence-corrected chi connectivity index (χ2v) is 12.0. The van der Waals surface area contributed by atoms with Crippen LogP contribution in [0, 0.1) is 5.92 Å². The smallest absolute Gasteiger partial charge is 0.241 e.